The van der Waals surface area contributed by atoms with Crippen LogP contribution >= 0.6 is 11.6 Å². The van der Waals surface area contributed by atoms with Crippen LogP contribution in [0.5, 0.6) is 34.5 Å². The highest BCUT2D eigenvalue weighted by molar-refractivity contribution is 6.32. The van der Waals surface area contributed by atoms with Gasteiger partial charge in [-0.2, -0.15) is 0 Å². The third-order valence-electron chi connectivity index (χ3n) is 12.7. The van der Waals surface area contributed by atoms with Crippen molar-refractivity contribution in [3.8, 4) is 45.6 Å². The van der Waals surface area contributed by atoms with Gasteiger partial charge in [0.25, 0.3) is 0 Å². The van der Waals surface area contributed by atoms with Crippen LogP contribution in [0.1, 0.15) is 68.6 Å². The number of carbonyl (C=O) groups is 2. The third-order valence-corrected chi connectivity index (χ3v) is 13.0. The minimum atomic E-state index is -4.81. The summed E-state index contributed by atoms with van der Waals surface area (Å²) in [5.41, 5.74) is 8.75. The van der Waals surface area contributed by atoms with Gasteiger partial charge in [-0.15, -0.1) is 13.2 Å². The number of halogens is 4. The molecule has 10 nitrogen and oxygen atoms in total. The first kappa shape index (κ1) is 52.6. The number of ether oxygens (including phenoxy) is 6. The van der Waals surface area contributed by atoms with Crippen LogP contribution in [0, 0.1) is 6.92 Å². The van der Waals surface area contributed by atoms with Crippen molar-refractivity contribution in [3.63, 3.8) is 0 Å². The first-order valence-corrected chi connectivity index (χ1v) is 24.5. The fourth-order valence-corrected chi connectivity index (χ4v) is 8.91. The molecule has 0 bridgehead atoms. The molecule has 0 radical (unpaired) electrons. The van der Waals surface area contributed by atoms with Crippen molar-refractivity contribution in [3.05, 3.63) is 207 Å². The van der Waals surface area contributed by atoms with Crippen molar-refractivity contribution in [2.45, 2.75) is 71.5 Å². The van der Waals surface area contributed by atoms with Gasteiger partial charge < -0.3 is 33.7 Å². The van der Waals surface area contributed by atoms with E-state index in [0.29, 0.717) is 71.0 Å². The predicted octanol–water partition coefficient (Wildman–Crippen LogP) is 13.5. The SMILES string of the molecule is COc1ccc(C(=O)/C=C/c2ccc(OCc3ccc(CNC(=O)C4CCCCN4Cc4cc(Cl)c(OCc5cccc(-c6ccccc6)c5C)cc4OCc4ccc(OC(F)(F)F)cc4)cc3)c(OC)c2)cc1. The standard InChI is InChI=1S/C60H56ClF3N2O8/c1-40-47(12-9-13-51(40)45-10-5-4-6-11-45)39-73-57-34-56(72-38-44-19-25-50(26-20-44)74-60(62,63)64)48(33-52(57)61)36-66-31-8-7-14-53(66)59(68)65-35-42-15-17-43(18-16-42)37-71-55-30-22-41(32-58(55)70-3)21-29-54(67)46-23-27-49(69-2)28-24-46/h4-6,9-13,15-30,32-34,53H,7-8,14,31,35-39H2,1-3H3,(H,65,68)/b29-21+. The summed E-state index contributed by atoms with van der Waals surface area (Å²) in [6.07, 6.45) is 0.864. The fraction of sp³-hybridized carbons (Fsp3) is 0.233. The lowest BCUT2D eigenvalue weighted by Gasteiger charge is -2.35. The van der Waals surface area contributed by atoms with E-state index in [2.05, 4.69) is 40.1 Å². The molecule has 1 saturated heterocycles. The van der Waals surface area contributed by atoms with Gasteiger partial charge in [0.2, 0.25) is 5.91 Å². The largest absolute Gasteiger partial charge is 0.573 e. The maximum absolute atomic E-state index is 14.0. The molecule has 7 aromatic rings. The molecule has 0 aliphatic carbocycles. The molecule has 0 aromatic heterocycles. The first-order chi connectivity index (χ1) is 35.8. The average molecular weight is 1030 g/mol. The zero-order chi connectivity index (χ0) is 52.0. The summed E-state index contributed by atoms with van der Waals surface area (Å²) < 4.78 is 72.3. The number of benzene rings is 7. The molecule has 1 amide bonds. The number of rotatable bonds is 21. The average Bonchev–Trinajstić information content (AvgIpc) is 3.41. The number of carbonyl (C=O) groups excluding carboxylic acids is 2. The van der Waals surface area contributed by atoms with Crippen LogP contribution in [0.3, 0.4) is 0 Å². The highest BCUT2D eigenvalue weighted by atomic mass is 35.5. The summed E-state index contributed by atoms with van der Waals surface area (Å²) in [5.74, 6) is 2.04. The lowest BCUT2D eigenvalue weighted by molar-refractivity contribution is -0.274. The molecular formula is C60H56ClF3N2O8. The van der Waals surface area contributed by atoms with Gasteiger partial charge in [-0.05, 0) is 131 Å². The maximum Gasteiger partial charge on any atom is 0.573 e. The van der Waals surface area contributed by atoms with Crippen LogP contribution < -0.4 is 33.7 Å². The Morgan fingerprint density at radius 3 is 2.05 bits per heavy atom. The number of ketones is 1. The number of alkyl halides is 3. The minimum absolute atomic E-state index is 0.0315. The number of hydrogen-bond donors (Lipinski definition) is 1. The lowest BCUT2D eigenvalue weighted by atomic mass is 9.97. The Kier molecular flexibility index (Phi) is 17.6. The molecule has 1 N–H and O–H groups in total. The predicted molar refractivity (Wildman–Crippen MR) is 280 cm³/mol. The quantitative estimate of drug-likeness (QED) is 0.0556. The minimum Gasteiger partial charge on any atom is -0.497 e. The van der Waals surface area contributed by atoms with Crippen LogP contribution in [0.4, 0.5) is 13.2 Å². The summed E-state index contributed by atoms with van der Waals surface area (Å²) >= 11 is 6.97. The summed E-state index contributed by atoms with van der Waals surface area (Å²) in [6, 6.07) is 45.0. The second-order valence-electron chi connectivity index (χ2n) is 17.8. The number of hydrogen-bond acceptors (Lipinski definition) is 9. The highest BCUT2D eigenvalue weighted by Crippen LogP contribution is 2.37. The zero-order valence-corrected chi connectivity index (χ0v) is 42.0. The molecule has 1 fully saturated rings. The molecule has 8 rings (SSSR count). The number of amides is 1. The normalized spacial score (nSPS) is 13.8. The van der Waals surface area contributed by atoms with Crippen molar-refractivity contribution in [2.24, 2.45) is 0 Å². The number of likely N-dealkylation sites (tertiary alicyclic amines) is 1. The van der Waals surface area contributed by atoms with E-state index in [1.165, 1.54) is 30.3 Å². The molecule has 74 heavy (non-hydrogen) atoms. The summed E-state index contributed by atoms with van der Waals surface area (Å²) in [7, 11) is 3.14. The van der Waals surface area contributed by atoms with E-state index < -0.39 is 12.4 Å². The van der Waals surface area contributed by atoms with E-state index in [1.54, 1.807) is 68.8 Å². The van der Waals surface area contributed by atoms with Crippen LogP contribution in [0.25, 0.3) is 17.2 Å². The lowest BCUT2D eigenvalue weighted by Crippen LogP contribution is -2.48. The topological polar surface area (TPSA) is 105 Å². The van der Waals surface area contributed by atoms with Gasteiger partial charge in [-0.3, -0.25) is 14.5 Å². The third kappa shape index (κ3) is 14.3. The Morgan fingerprint density at radius 1 is 0.676 bits per heavy atom. The van der Waals surface area contributed by atoms with Gasteiger partial charge in [0, 0.05) is 30.3 Å². The Hall–Kier alpha value is -7.74. The van der Waals surface area contributed by atoms with Crippen molar-refractivity contribution in [1.29, 1.82) is 0 Å². The van der Waals surface area contributed by atoms with Crippen LogP contribution in [-0.4, -0.2) is 49.8 Å². The van der Waals surface area contributed by atoms with Crippen molar-refractivity contribution >= 4 is 29.4 Å². The van der Waals surface area contributed by atoms with E-state index in [1.807, 2.05) is 60.7 Å². The molecule has 7 aromatic carbocycles. The number of methoxy groups -OCH3 is 2. The number of allylic oxidation sites excluding steroid dienone is 1. The van der Waals surface area contributed by atoms with E-state index in [-0.39, 0.29) is 37.3 Å². The van der Waals surface area contributed by atoms with Gasteiger partial charge in [0.1, 0.15) is 42.8 Å². The smallest absolute Gasteiger partial charge is 0.497 e. The van der Waals surface area contributed by atoms with Gasteiger partial charge in [0.05, 0.1) is 25.3 Å². The first-order valence-electron chi connectivity index (χ1n) is 24.2. The number of nitrogens with one attached hydrogen (secondary N) is 1. The van der Waals surface area contributed by atoms with Crippen LogP contribution in [0.15, 0.2) is 158 Å². The van der Waals surface area contributed by atoms with Crippen molar-refractivity contribution < 1.29 is 51.2 Å². The Labute approximate surface area is 434 Å². The highest BCUT2D eigenvalue weighted by Gasteiger charge is 2.32. The molecule has 14 heteroatoms. The molecule has 1 heterocycles. The fourth-order valence-electron chi connectivity index (χ4n) is 8.67. The van der Waals surface area contributed by atoms with E-state index in [4.69, 9.17) is 35.3 Å². The van der Waals surface area contributed by atoms with Crippen LogP contribution in [0.2, 0.25) is 5.02 Å². The molecule has 1 unspecified atom stereocenters. The Morgan fingerprint density at radius 2 is 1.35 bits per heavy atom. The number of piperidine rings is 1. The monoisotopic (exact) mass is 1020 g/mol. The Balaban J connectivity index is 0.900. The number of nitrogens with zero attached hydrogens (tertiary/aromatic N) is 1. The van der Waals surface area contributed by atoms with Crippen LogP contribution in [-0.2, 0) is 37.7 Å². The van der Waals surface area contributed by atoms with Crippen molar-refractivity contribution in [1.82, 2.24) is 10.2 Å². The van der Waals surface area contributed by atoms with Gasteiger partial charge in [-0.25, -0.2) is 0 Å². The Bertz CT molecular complexity index is 3040. The zero-order valence-electron chi connectivity index (χ0n) is 41.3. The summed E-state index contributed by atoms with van der Waals surface area (Å²) in [6.45, 7) is 3.92. The van der Waals surface area contributed by atoms with Crippen molar-refractivity contribution in [2.75, 3.05) is 20.8 Å². The van der Waals surface area contributed by atoms with E-state index in [0.717, 1.165) is 57.3 Å². The molecule has 382 valence electrons. The second kappa shape index (κ2) is 24.8. The molecule has 0 spiro atoms. The molecule has 1 atom stereocenters. The molecule has 1 aliphatic rings. The second-order valence-corrected chi connectivity index (χ2v) is 18.2. The van der Waals surface area contributed by atoms with Gasteiger partial charge >= 0.3 is 6.36 Å². The molecule has 1 aliphatic heterocycles. The van der Waals surface area contributed by atoms with Gasteiger partial charge in [0.15, 0.2) is 17.3 Å². The summed E-state index contributed by atoms with van der Waals surface area (Å²) in [5, 5.41) is 3.51. The molecule has 0 saturated carbocycles. The van der Waals surface area contributed by atoms with E-state index in [9.17, 15) is 22.8 Å². The van der Waals surface area contributed by atoms with Gasteiger partial charge in [-0.1, -0.05) is 115 Å². The van der Waals surface area contributed by atoms with E-state index >= 15 is 0 Å². The summed E-state index contributed by atoms with van der Waals surface area (Å²) in [4.78, 5) is 28.8. The maximum atomic E-state index is 14.0. The molecular weight excluding hydrogens is 969 g/mol.